The van der Waals surface area contributed by atoms with Crippen LogP contribution in [0.3, 0.4) is 0 Å². The van der Waals surface area contributed by atoms with E-state index in [9.17, 15) is 15.0 Å². The molecule has 190 valence electrons. The molecule has 4 heteroatoms. The summed E-state index contributed by atoms with van der Waals surface area (Å²) in [5, 5.41) is 21.0. The number of aliphatic hydroxyl groups excluding tert-OH is 2. The van der Waals surface area contributed by atoms with Gasteiger partial charge in [0.25, 0.3) is 0 Å². The summed E-state index contributed by atoms with van der Waals surface area (Å²) in [6.45, 7) is 12.8. The molecule has 2 aliphatic carbocycles. The van der Waals surface area contributed by atoms with Gasteiger partial charge < -0.3 is 15.1 Å². The van der Waals surface area contributed by atoms with Crippen molar-refractivity contribution in [1.29, 1.82) is 0 Å². The van der Waals surface area contributed by atoms with E-state index in [1.54, 1.807) is 0 Å². The minimum Gasteiger partial charge on any atom is -0.392 e. The van der Waals surface area contributed by atoms with Gasteiger partial charge in [-0.05, 0) is 84.0 Å². The van der Waals surface area contributed by atoms with Gasteiger partial charge in [-0.2, -0.15) is 0 Å². The van der Waals surface area contributed by atoms with Crippen LogP contribution in [0.1, 0.15) is 106 Å². The van der Waals surface area contributed by atoms with Crippen LogP contribution >= 0.6 is 0 Å². The average Bonchev–Trinajstić information content (AvgIpc) is 3.23. The Morgan fingerprint density at radius 1 is 1.15 bits per heavy atom. The lowest BCUT2D eigenvalue weighted by Crippen LogP contribution is -2.41. The third-order valence-electron chi connectivity index (χ3n) is 7.74. The number of carbonyl (C=O) groups excluding carboxylic acids is 1. The van der Waals surface area contributed by atoms with Crippen molar-refractivity contribution in [2.45, 2.75) is 130 Å². The summed E-state index contributed by atoms with van der Waals surface area (Å²) in [5.41, 5.74) is 1.50. The lowest BCUT2D eigenvalue weighted by molar-refractivity contribution is -0.134. The summed E-state index contributed by atoms with van der Waals surface area (Å²) in [7, 11) is 0. The first-order chi connectivity index (χ1) is 15.6. The van der Waals surface area contributed by atoms with Crippen molar-refractivity contribution < 1.29 is 15.0 Å². The van der Waals surface area contributed by atoms with Crippen molar-refractivity contribution >= 4 is 5.91 Å². The van der Waals surface area contributed by atoms with Crippen molar-refractivity contribution in [1.82, 2.24) is 4.90 Å². The zero-order valence-electron chi connectivity index (χ0n) is 22.2. The third kappa shape index (κ3) is 8.55. The molecule has 0 aliphatic heterocycles. The number of aliphatic hydroxyl groups is 2. The molecule has 1 amide bonds. The van der Waals surface area contributed by atoms with E-state index in [4.69, 9.17) is 0 Å². The van der Waals surface area contributed by atoms with Gasteiger partial charge in [0.05, 0.1) is 12.2 Å². The number of carbonyl (C=O) groups is 1. The first kappa shape index (κ1) is 28.1. The van der Waals surface area contributed by atoms with Crippen molar-refractivity contribution in [3.63, 3.8) is 0 Å². The monoisotopic (exact) mass is 461 g/mol. The quantitative estimate of drug-likeness (QED) is 0.237. The number of nitrogens with zero attached hydrogens (tertiary/aromatic N) is 1. The minimum atomic E-state index is -0.411. The molecule has 2 rings (SSSR count). The molecule has 2 N–H and O–H groups in total. The molecular weight excluding hydrogens is 410 g/mol. The normalized spacial score (nSPS) is 26.8. The summed E-state index contributed by atoms with van der Waals surface area (Å²) in [6, 6.07) is 0.507. The van der Waals surface area contributed by atoms with E-state index >= 15 is 0 Å². The molecule has 6 atom stereocenters. The van der Waals surface area contributed by atoms with Crippen LogP contribution in [0.2, 0.25) is 0 Å². The molecule has 33 heavy (non-hydrogen) atoms. The van der Waals surface area contributed by atoms with Gasteiger partial charge in [0.1, 0.15) is 0 Å². The molecule has 1 fully saturated rings. The number of hydrogen-bond acceptors (Lipinski definition) is 3. The van der Waals surface area contributed by atoms with Crippen LogP contribution in [0.25, 0.3) is 0 Å². The Morgan fingerprint density at radius 2 is 1.85 bits per heavy atom. The number of unbranched alkanes of at least 4 members (excludes halogenated alkanes) is 2. The summed E-state index contributed by atoms with van der Waals surface area (Å²) < 4.78 is 0. The zero-order chi connectivity index (χ0) is 24.5. The Hall–Kier alpha value is -1.13. The smallest absolute Gasteiger partial charge is 0.223 e. The highest BCUT2D eigenvalue weighted by atomic mass is 16.3. The van der Waals surface area contributed by atoms with Crippen LogP contribution in [0.5, 0.6) is 0 Å². The van der Waals surface area contributed by atoms with E-state index in [1.165, 1.54) is 24.8 Å². The van der Waals surface area contributed by atoms with E-state index in [0.29, 0.717) is 24.2 Å². The lowest BCUT2D eigenvalue weighted by Gasteiger charge is -2.30. The molecule has 0 bridgehead atoms. The largest absolute Gasteiger partial charge is 0.392 e. The highest BCUT2D eigenvalue weighted by Crippen LogP contribution is 2.48. The van der Waals surface area contributed by atoms with Gasteiger partial charge in [-0.25, -0.2) is 0 Å². The van der Waals surface area contributed by atoms with Gasteiger partial charge in [0.15, 0.2) is 0 Å². The maximum absolute atomic E-state index is 12.6. The summed E-state index contributed by atoms with van der Waals surface area (Å²) in [5.74, 6) is 1.88. The molecular formula is C29H51NO3. The Balaban J connectivity index is 1.77. The van der Waals surface area contributed by atoms with Gasteiger partial charge >= 0.3 is 0 Å². The Morgan fingerprint density at radius 3 is 2.48 bits per heavy atom. The molecule has 2 aliphatic rings. The fourth-order valence-corrected chi connectivity index (χ4v) is 6.14. The second-order valence-corrected chi connectivity index (χ2v) is 11.4. The average molecular weight is 462 g/mol. The second kappa shape index (κ2) is 13.7. The maximum atomic E-state index is 12.6. The van der Waals surface area contributed by atoms with Crippen molar-refractivity contribution in [3.05, 3.63) is 23.8 Å². The summed E-state index contributed by atoms with van der Waals surface area (Å²) in [6.07, 6.45) is 15.7. The zero-order valence-corrected chi connectivity index (χ0v) is 22.2. The van der Waals surface area contributed by atoms with E-state index in [-0.39, 0.29) is 30.0 Å². The first-order valence-corrected chi connectivity index (χ1v) is 13.7. The fraction of sp³-hybridized carbons (Fsp3) is 0.828. The standard InChI is InChI=1S/C29H51NO3/c1-7-8-11-22(6)16-25(31)14-15-26-27-18-23(17-24(27)19-28(26)32)12-9-10-13-29(33)30(20(2)3)21(4)5/h14-15,17,20-22,24-28,31-32H,7-13,16,18-19H2,1-6H3/b15-14+/t22-,24+,25-,26-,27+,28-/m1/s1. The number of hydrogen-bond donors (Lipinski definition) is 2. The first-order valence-electron chi connectivity index (χ1n) is 13.7. The van der Waals surface area contributed by atoms with Gasteiger partial charge in [0.2, 0.25) is 5.91 Å². The van der Waals surface area contributed by atoms with Gasteiger partial charge in [-0.15, -0.1) is 0 Å². The Bertz CT molecular complexity index is 645. The molecule has 0 aromatic heterocycles. The highest BCUT2D eigenvalue weighted by Gasteiger charge is 2.43. The SMILES string of the molecule is CCCC[C@@H](C)C[C@H](O)/C=C/[C@@H]1[C@H]2CC(CCCCC(=O)N(C(C)C)C(C)C)=C[C@H]2C[C@H]1O. The van der Waals surface area contributed by atoms with Crippen molar-refractivity contribution in [3.8, 4) is 0 Å². The van der Waals surface area contributed by atoms with Crippen LogP contribution in [0.15, 0.2) is 23.8 Å². The van der Waals surface area contributed by atoms with Gasteiger partial charge in [-0.3, -0.25) is 4.79 Å². The summed E-state index contributed by atoms with van der Waals surface area (Å²) >= 11 is 0. The van der Waals surface area contributed by atoms with E-state index < -0.39 is 6.10 Å². The van der Waals surface area contributed by atoms with Crippen molar-refractivity contribution in [2.24, 2.45) is 23.7 Å². The fourth-order valence-electron chi connectivity index (χ4n) is 6.14. The maximum Gasteiger partial charge on any atom is 0.223 e. The number of amides is 1. The molecule has 4 nitrogen and oxygen atoms in total. The molecule has 0 aromatic carbocycles. The topological polar surface area (TPSA) is 60.8 Å². The number of fused-ring (bicyclic) bond motifs is 1. The third-order valence-corrected chi connectivity index (χ3v) is 7.74. The Labute approximate surface area is 203 Å². The predicted molar refractivity (Wildman–Crippen MR) is 138 cm³/mol. The molecule has 0 spiro atoms. The number of allylic oxidation sites excluding steroid dienone is 2. The molecule has 0 aromatic rings. The van der Waals surface area contributed by atoms with Gasteiger partial charge in [0, 0.05) is 24.4 Å². The second-order valence-electron chi connectivity index (χ2n) is 11.4. The summed E-state index contributed by atoms with van der Waals surface area (Å²) in [4.78, 5) is 14.6. The van der Waals surface area contributed by atoms with Crippen LogP contribution in [-0.2, 0) is 4.79 Å². The predicted octanol–water partition coefficient (Wildman–Crippen LogP) is 6.27. The number of rotatable bonds is 14. The van der Waals surface area contributed by atoms with Crippen LogP contribution in [-0.4, -0.2) is 45.3 Å². The van der Waals surface area contributed by atoms with Crippen LogP contribution in [0.4, 0.5) is 0 Å². The van der Waals surface area contributed by atoms with E-state index in [1.807, 2.05) is 11.0 Å². The molecule has 0 saturated heterocycles. The van der Waals surface area contributed by atoms with E-state index in [0.717, 1.165) is 38.5 Å². The Kier molecular flexibility index (Phi) is 11.7. The highest BCUT2D eigenvalue weighted by molar-refractivity contribution is 5.76. The van der Waals surface area contributed by atoms with Crippen LogP contribution < -0.4 is 0 Å². The minimum absolute atomic E-state index is 0.150. The molecule has 1 saturated carbocycles. The molecule has 0 heterocycles. The molecule has 0 radical (unpaired) electrons. The lowest BCUT2D eigenvalue weighted by atomic mass is 9.88. The van der Waals surface area contributed by atoms with Crippen molar-refractivity contribution in [2.75, 3.05) is 0 Å². The molecule has 0 unspecified atom stereocenters. The van der Waals surface area contributed by atoms with E-state index in [2.05, 4.69) is 53.7 Å². The van der Waals surface area contributed by atoms with Gasteiger partial charge in [-0.1, -0.05) is 56.9 Å². The van der Waals surface area contributed by atoms with Crippen LogP contribution in [0, 0.1) is 23.7 Å².